The number of benzene rings is 2. The van der Waals surface area contributed by atoms with Crippen molar-refractivity contribution in [2.75, 3.05) is 14.2 Å². The molecule has 164 valence electrons. The number of halogens is 1. The van der Waals surface area contributed by atoms with Gasteiger partial charge in [0.15, 0.2) is 0 Å². The molecule has 0 N–H and O–H groups in total. The SMILES string of the molecule is COc1ccc(CN(C)S(=O)(=O)c2ccc(F)c(-c3nc4n(c3C)CC(C)O4)c2)cc1. The van der Waals surface area contributed by atoms with Gasteiger partial charge in [-0.25, -0.2) is 12.8 Å². The Hall–Kier alpha value is -2.91. The number of hydrogen-bond donors (Lipinski definition) is 0. The van der Waals surface area contributed by atoms with E-state index in [0.29, 0.717) is 24.0 Å². The van der Waals surface area contributed by atoms with Crippen molar-refractivity contribution < 1.29 is 22.3 Å². The van der Waals surface area contributed by atoms with Crippen molar-refractivity contribution in [3.8, 4) is 23.0 Å². The Morgan fingerprint density at radius 1 is 1.26 bits per heavy atom. The van der Waals surface area contributed by atoms with Crippen molar-refractivity contribution in [1.82, 2.24) is 13.9 Å². The Bertz CT molecular complexity index is 1220. The first-order valence-electron chi connectivity index (χ1n) is 9.83. The molecule has 0 radical (unpaired) electrons. The second kappa shape index (κ2) is 7.97. The van der Waals surface area contributed by atoms with Crippen LogP contribution in [0.25, 0.3) is 11.3 Å². The van der Waals surface area contributed by atoms with Crippen LogP contribution >= 0.6 is 0 Å². The van der Waals surface area contributed by atoms with Crippen LogP contribution < -0.4 is 9.47 Å². The maximum atomic E-state index is 14.7. The predicted molar refractivity (Wildman–Crippen MR) is 114 cm³/mol. The molecule has 9 heteroatoms. The Labute approximate surface area is 181 Å². The van der Waals surface area contributed by atoms with Crippen LogP contribution in [0.1, 0.15) is 18.2 Å². The Balaban J connectivity index is 1.64. The molecule has 1 aliphatic heterocycles. The fraction of sp³-hybridized carbons (Fsp3) is 0.318. The number of hydrogen-bond acceptors (Lipinski definition) is 5. The number of imidazole rings is 1. The van der Waals surface area contributed by atoms with Gasteiger partial charge in [0.25, 0.3) is 6.01 Å². The maximum absolute atomic E-state index is 14.7. The van der Waals surface area contributed by atoms with Gasteiger partial charge in [0.2, 0.25) is 10.0 Å². The maximum Gasteiger partial charge on any atom is 0.297 e. The molecule has 2 heterocycles. The highest BCUT2D eigenvalue weighted by atomic mass is 32.2. The van der Waals surface area contributed by atoms with Crippen molar-refractivity contribution in [3.05, 3.63) is 59.5 Å². The lowest BCUT2D eigenvalue weighted by molar-refractivity contribution is 0.246. The number of sulfonamides is 1. The number of aromatic nitrogens is 2. The van der Waals surface area contributed by atoms with Gasteiger partial charge in [-0.1, -0.05) is 12.1 Å². The monoisotopic (exact) mass is 445 g/mol. The summed E-state index contributed by atoms with van der Waals surface area (Å²) in [5.41, 5.74) is 2.06. The van der Waals surface area contributed by atoms with Gasteiger partial charge in [-0.05, 0) is 49.7 Å². The summed E-state index contributed by atoms with van der Waals surface area (Å²) < 4.78 is 54.9. The molecule has 0 bridgehead atoms. The zero-order valence-electron chi connectivity index (χ0n) is 17.8. The van der Waals surface area contributed by atoms with Gasteiger partial charge in [0.05, 0.1) is 24.2 Å². The molecule has 4 rings (SSSR count). The fourth-order valence-corrected chi connectivity index (χ4v) is 4.83. The van der Waals surface area contributed by atoms with E-state index in [1.165, 1.54) is 23.5 Å². The molecule has 1 atom stereocenters. The zero-order chi connectivity index (χ0) is 22.3. The summed E-state index contributed by atoms with van der Waals surface area (Å²) in [6.07, 6.45) is -0.00147. The van der Waals surface area contributed by atoms with Gasteiger partial charge in [0, 0.05) is 24.8 Å². The Morgan fingerprint density at radius 3 is 2.61 bits per heavy atom. The topological polar surface area (TPSA) is 73.7 Å². The summed E-state index contributed by atoms with van der Waals surface area (Å²) in [6.45, 7) is 4.55. The third-order valence-electron chi connectivity index (χ3n) is 5.40. The molecule has 0 aliphatic carbocycles. The van der Waals surface area contributed by atoms with E-state index in [1.54, 1.807) is 31.4 Å². The molecule has 7 nitrogen and oxygen atoms in total. The van der Waals surface area contributed by atoms with E-state index in [4.69, 9.17) is 9.47 Å². The second-order valence-electron chi connectivity index (χ2n) is 7.62. The van der Waals surface area contributed by atoms with Gasteiger partial charge in [0.1, 0.15) is 17.7 Å². The molecule has 0 saturated heterocycles. The number of rotatable bonds is 6. The molecule has 1 unspecified atom stereocenters. The highest BCUT2D eigenvalue weighted by Gasteiger charge is 2.28. The highest BCUT2D eigenvalue weighted by molar-refractivity contribution is 7.89. The summed E-state index contributed by atoms with van der Waals surface area (Å²) in [7, 11) is -0.782. The molecule has 0 saturated carbocycles. The zero-order valence-corrected chi connectivity index (χ0v) is 18.6. The molecule has 0 amide bonds. The van der Waals surface area contributed by atoms with E-state index in [9.17, 15) is 12.8 Å². The van der Waals surface area contributed by atoms with Gasteiger partial charge in [-0.3, -0.25) is 4.57 Å². The normalized spacial score (nSPS) is 15.7. The lowest BCUT2D eigenvalue weighted by Gasteiger charge is -2.18. The van der Waals surface area contributed by atoms with Crippen LogP contribution in [-0.4, -0.2) is 42.5 Å². The Morgan fingerprint density at radius 2 is 1.97 bits per heavy atom. The van der Waals surface area contributed by atoms with Crippen LogP contribution in [0.3, 0.4) is 0 Å². The van der Waals surface area contributed by atoms with E-state index in [1.807, 2.05) is 18.4 Å². The lowest BCUT2D eigenvalue weighted by atomic mass is 10.1. The van der Waals surface area contributed by atoms with Gasteiger partial charge >= 0.3 is 0 Å². The highest BCUT2D eigenvalue weighted by Crippen LogP contribution is 2.34. The number of nitrogens with zero attached hydrogens (tertiary/aromatic N) is 3. The first-order chi connectivity index (χ1) is 14.7. The van der Waals surface area contributed by atoms with Crippen LogP contribution in [0.2, 0.25) is 0 Å². The van der Waals surface area contributed by atoms with Crippen LogP contribution in [0.4, 0.5) is 4.39 Å². The van der Waals surface area contributed by atoms with Crippen molar-refractivity contribution in [2.24, 2.45) is 0 Å². The first kappa shape index (κ1) is 21.3. The summed E-state index contributed by atoms with van der Waals surface area (Å²) in [6, 6.07) is 11.3. The number of methoxy groups -OCH3 is 1. The molecule has 0 spiro atoms. The molecular weight excluding hydrogens is 421 g/mol. The van der Waals surface area contributed by atoms with Crippen LogP contribution in [0, 0.1) is 12.7 Å². The summed E-state index contributed by atoms with van der Waals surface area (Å²) >= 11 is 0. The summed E-state index contributed by atoms with van der Waals surface area (Å²) in [4.78, 5) is 4.41. The predicted octanol–water partition coefficient (Wildman–Crippen LogP) is 3.61. The van der Waals surface area contributed by atoms with E-state index in [-0.39, 0.29) is 23.1 Å². The van der Waals surface area contributed by atoms with Crippen LogP contribution in [0.15, 0.2) is 47.4 Å². The Kier molecular flexibility index (Phi) is 5.49. The van der Waals surface area contributed by atoms with Crippen LogP contribution in [-0.2, 0) is 23.1 Å². The van der Waals surface area contributed by atoms with Crippen molar-refractivity contribution in [3.63, 3.8) is 0 Å². The standard InChI is InChI=1S/C22H24FN3O4S/c1-14-12-26-15(2)21(24-22(26)30-14)19-11-18(9-10-20(19)23)31(27,28)25(3)13-16-5-7-17(29-4)8-6-16/h5-11,14H,12-13H2,1-4H3. The number of ether oxygens (including phenoxy) is 2. The van der Waals surface area contributed by atoms with E-state index in [2.05, 4.69) is 4.98 Å². The smallest absolute Gasteiger partial charge is 0.297 e. The van der Waals surface area contributed by atoms with Crippen molar-refractivity contribution in [1.29, 1.82) is 0 Å². The van der Waals surface area contributed by atoms with Crippen molar-refractivity contribution >= 4 is 10.0 Å². The van der Waals surface area contributed by atoms with E-state index < -0.39 is 15.8 Å². The quantitative estimate of drug-likeness (QED) is 0.580. The molecule has 1 aromatic heterocycles. The molecular formula is C22H24FN3O4S. The average molecular weight is 446 g/mol. The fourth-order valence-electron chi connectivity index (χ4n) is 3.64. The summed E-state index contributed by atoms with van der Waals surface area (Å²) in [5.74, 6) is 0.155. The molecule has 1 aliphatic rings. The summed E-state index contributed by atoms with van der Waals surface area (Å²) in [5, 5.41) is 0. The average Bonchev–Trinajstić information content (AvgIpc) is 3.25. The van der Waals surface area contributed by atoms with Gasteiger partial charge < -0.3 is 9.47 Å². The minimum absolute atomic E-state index is 0.00147. The third kappa shape index (κ3) is 3.90. The molecule has 0 fully saturated rings. The number of fused-ring (bicyclic) bond motifs is 1. The van der Waals surface area contributed by atoms with Crippen molar-refractivity contribution in [2.45, 2.75) is 37.9 Å². The molecule has 2 aromatic carbocycles. The van der Waals surface area contributed by atoms with Gasteiger partial charge in [-0.15, -0.1) is 0 Å². The van der Waals surface area contributed by atoms with E-state index in [0.717, 1.165) is 17.3 Å². The van der Waals surface area contributed by atoms with Gasteiger partial charge in [-0.2, -0.15) is 9.29 Å². The molecule has 31 heavy (non-hydrogen) atoms. The third-order valence-corrected chi connectivity index (χ3v) is 7.20. The van der Waals surface area contributed by atoms with Crippen LogP contribution in [0.5, 0.6) is 11.8 Å². The first-order valence-corrected chi connectivity index (χ1v) is 11.3. The second-order valence-corrected chi connectivity index (χ2v) is 9.66. The largest absolute Gasteiger partial charge is 0.497 e. The minimum Gasteiger partial charge on any atom is -0.497 e. The minimum atomic E-state index is -3.85. The molecule has 3 aromatic rings. The lowest BCUT2D eigenvalue weighted by Crippen LogP contribution is -2.26. The van der Waals surface area contributed by atoms with E-state index >= 15 is 0 Å².